The third-order valence-electron chi connectivity index (χ3n) is 5.66. The fraction of sp³-hybridized carbons (Fsp3) is 0.826. The zero-order chi connectivity index (χ0) is 22.1. The molecule has 2 aliphatic rings. The van der Waals surface area contributed by atoms with E-state index >= 15 is 0 Å². The fourth-order valence-corrected chi connectivity index (χ4v) is 4.19. The maximum atomic E-state index is 12.3. The number of likely N-dealkylation sites (tertiary alicyclic amines) is 2. The lowest BCUT2D eigenvalue weighted by atomic mass is 9.95. The summed E-state index contributed by atoms with van der Waals surface area (Å²) in [6.45, 7) is 17.5. The molecule has 0 saturated carbocycles. The van der Waals surface area contributed by atoms with E-state index in [-0.39, 0.29) is 6.09 Å². The van der Waals surface area contributed by atoms with Crippen LogP contribution < -0.4 is 10.6 Å². The number of carbonyl (C=O) groups excluding carboxylic acids is 1. The van der Waals surface area contributed by atoms with Crippen LogP contribution in [0.5, 0.6) is 0 Å². The number of carbonyl (C=O) groups is 1. The third-order valence-corrected chi connectivity index (χ3v) is 5.66. The van der Waals surface area contributed by atoms with Gasteiger partial charge in [-0.3, -0.25) is 9.89 Å². The molecule has 2 saturated heterocycles. The van der Waals surface area contributed by atoms with Gasteiger partial charge in [0.2, 0.25) is 0 Å². The molecule has 2 heterocycles. The Morgan fingerprint density at radius 2 is 1.90 bits per heavy atom. The molecule has 0 aromatic carbocycles. The summed E-state index contributed by atoms with van der Waals surface area (Å²) < 4.78 is 5.53. The minimum atomic E-state index is -0.440. The molecule has 30 heavy (non-hydrogen) atoms. The number of nitrogens with zero attached hydrogens (tertiary/aromatic N) is 3. The van der Waals surface area contributed by atoms with E-state index in [0.717, 1.165) is 77.3 Å². The van der Waals surface area contributed by atoms with Gasteiger partial charge in [-0.05, 0) is 65.7 Å². The van der Waals surface area contributed by atoms with E-state index < -0.39 is 5.60 Å². The van der Waals surface area contributed by atoms with Crippen molar-refractivity contribution in [1.82, 2.24) is 20.4 Å². The topological polar surface area (TPSA) is 69.2 Å². The van der Waals surface area contributed by atoms with Crippen LogP contribution in [0, 0.1) is 5.92 Å². The van der Waals surface area contributed by atoms with E-state index in [1.165, 1.54) is 5.57 Å². The Labute approximate surface area is 183 Å². The van der Waals surface area contributed by atoms with Gasteiger partial charge in [0, 0.05) is 52.4 Å². The highest BCUT2D eigenvalue weighted by Gasteiger charge is 2.27. The Bertz CT molecular complexity index is 591. The molecule has 1 amide bonds. The van der Waals surface area contributed by atoms with E-state index in [1.54, 1.807) is 0 Å². The summed E-state index contributed by atoms with van der Waals surface area (Å²) in [5.74, 6) is 1.38. The van der Waals surface area contributed by atoms with E-state index in [9.17, 15) is 4.79 Å². The monoisotopic (exact) mass is 421 g/mol. The summed E-state index contributed by atoms with van der Waals surface area (Å²) >= 11 is 0. The minimum absolute atomic E-state index is 0.185. The highest BCUT2D eigenvalue weighted by Crippen LogP contribution is 2.21. The first-order valence-corrected chi connectivity index (χ1v) is 11.5. The van der Waals surface area contributed by atoms with Crippen molar-refractivity contribution in [1.29, 1.82) is 0 Å². The van der Waals surface area contributed by atoms with Gasteiger partial charge >= 0.3 is 6.09 Å². The lowest BCUT2D eigenvalue weighted by Crippen LogP contribution is -2.49. The molecular formula is C23H43N5O2. The van der Waals surface area contributed by atoms with Crippen LogP contribution in [0.4, 0.5) is 4.79 Å². The second-order valence-electron chi connectivity index (χ2n) is 9.87. The molecule has 172 valence electrons. The molecule has 0 spiro atoms. The second kappa shape index (κ2) is 11.6. The van der Waals surface area contributed by atoms with Gasteiger partial charge < -0.3 is 20.3 Å². The molecule has 0 radical (unpaired) electrons. The summed E-state index contributed by atoms with van der Waals surface area (Å²) in [6, 6.07) is 0.468. The maximum Gasteiger partial charge on any atom is 0.410 e. The largest absolute Gasteiger partial charge is 0.444 e. The van der Waals surface area contributed by atoms with Gasteiger partial charge in [-0.1, -0.05) is 12.2 Å². The Morgan fingerprint density at radius 3 is 2.50 bits per heavy atom. The van der Waals surface area contributed by atoms with E-state index in [4.69, 9.17) is 4.74 Å². The molecule has 7 nitrogen and oxygen atoms in total. The maximum absolute atomic E-state index is 12.3. The molecule has 2 aliphatic heterocycles. The number of amides is 1. The summed E-state index contributed by atoms with van der Waals surface area (Å²) in [5.41, 5.74) is 0.788. The van der Waals surface area contributed by atoms with Crippen molar-refractivity contribution >= 4 is 12.1 Å². The van der Waals surface area contributed by atoms with Crippen molar-refractivity contribution in [3.05, 3.63) is 12.2 Å². The molecule has 1 atom stereocenters. The molecule has 0 aliphatic carbocycles. The van der Waals surface area contributed by atoms with Gasteiger partial charge in [0.1, 0.15) is 5.60 Å². The molecule has 1 unspecified atom stereocenters. The van der Waals surface area contributed by atoms with Crippen molar-refractivity contribution in [3.8, 4) is 0 Å². The van der Waals surface area contributed by atoms with Crippen LogP contribution in [0.3, 0.4) is 0 Å². The Hall–Kier alpha value is -1.76. The van der Waals surface area contributed by atoms with E-state index in [2.05, 4.69) is 34.0 Å². The first kappa shape index (κ1) is 24.5. The number of ether oxygens (including phenoxy) is 1. The molecule has 7 heteroatoms. The SMILES string of the molecule is C=C(C)CN1CCC(NC(=NC)NCCC2CCCN(C(=O)OC(C)(C)C)C2)CC1. The summed E-state index contributed by atoms with van der Waals surface area (Å²) in [6.07, 6.45) is 5.30. The average molecular weight is 422 g/mol. The summed E-state index contributed by atoms with van der Waals surface area (Å²) in [7, 11) is 1.83. The number of hydrogen-bond donors (Lipinski definition) is 2. The predicted octanol–water partition coefficient (Wildman–Crippen LogP) is 3.23. The zero-order valence-electron chi connectivity index (χ0n) is 19.8. The van der Waals surface area contributed by atoms with Crippen LogP contribution in [0.25, 0.3) is 0 Å². The van der Waals surface area contributed by atoms with Crippen LogP contribution in [0.1, 0.15) is 59.8 Å². The quantitative estimate of drug-likeness (QED) is 0.391. The second-order valence-corrected chi connectivity index (χ2v) is 9.87. The zero-order valence-corrected chi connectivity index (χ0v) is 19.8. The van der Waals surface area contributed by atoms with Crippen LogP contribution in [0.2, 0.25) is 0 Å². The van der Waals surface area contributed by atoms with Crippen LogP contribution in [-0.2, 0) is 4.74 Å². The summed E-state index contributed by atoms with van der Waals surface area (Å²) in [5, 5.41) is 7.04. The number of aliphatic imine (C=N–C) groups is 1. The van der Waals surface area contributed by atoms with Crippen molar-refractivity contribution in [2.75, 3.05) is 46.3 Å². The van der Waals surface area contributed by atoms with Crippen molar-refractivity contribution < 1.29 is 9.53 Å². The Kier molecular flexibility index (Phi) is 9.46. The smallest absolute Gasteiger partial charge is 0.410 e. The van der Waals surface area contributed by atoms with Gasteiger partial charge in [-0.2, -0.15) is 0 Å². The summed E-state index contributed by atoms with van der Waals surface area (Å²) in [4.78, 5) is 21.1. The number of guanidine groups is 1. The lowest BCUT2D eigenvalue weighted by Gasteiger charge is -2.34. The van der Waals surface area contributed by atoms with Crippen LogP contribution in [-0.4, -0.2) is 79.8 Å². The molecule has 0 bridgehead atoms. The molecule has 2 fully saturated rings. The van der Waals surface area contributed by atoms with E-state index in [0.29, 0.717) is 12.0 Å². The van der Waals surface area contributed by atoms with Gasteiger partial charge in [0.15, 0.2) is 5.96 Å². The van der Waals surface area contributed by atoms with Crippen molar-refractivity contribution in [2.45, 2.75) is 71.4 Å². The van der Waals surface area contributed by atoms with Crippen molar-refractivity contribution in [2.24, 2.45) is 10.9 Å². The van der Waals surface area contributed by atoms with Gasteiger partial charge in [0.05, 0.1) is 0 Å². The molecule has 0 aromatic heterocycles. The first-order chi connectivity index (χ1) is 14.2. The highest BCUT2D eigenvalue weighted by atomic mass is 16.6. The van der Waals surface area contributed by atoms with E-state index in [1.807, 2.05) is 32.7 Å². The fourth-order valence-electron chi connectivity index (χ4n) is 4.19. The highest BCUT2D eigenvalue weighted by molar-refractivity contribution is 5.79. The first-order valence-electron chi connectivity index (χ1n) is 11.5. The average Bonchev–Trinajstić information content (AvgIpc) is 2.67. The van der Waals surface area contributed by atoms with Crippen LogP contribution >= 0.6 is 0 Å². The van der Waals surface area contributed by atoms with Gasteiger partial charge in [0.25, 0.3) is 0 Å². The lowest BCUT2D eigenvalue weighted by molar-refractivity contribution is 0.0162. The number of rotatable bonds is 6. The number of nitrogens with one attached hydrogen (secondary N) is 2. The number of hydrogen-bond acceptors (Lipinski definition) is 4. The predicted molar refractivity (Wildman–Crippen MR) is 124 cm³/mol. The minimum Gasteiger partial charge on any atom is -0.444 e. The Balaban J connectivity index is 1.68. The standard InChI is InChI=1S/C23H43N5O2/c1-18(2)16-27-14-10-20(11-15-27)26-21(24-6)25-12-9-19-8-7-13-28(17-19)22(29)30-23(3,4)5/h19-20H,1,7-17H2,2-6H3,(H2,24,25,26). The van der Waals surface area contributed by atoms with Gasteiger partial charge in [-0.25, -0.2) is 4.79 Å². The molecule has 2 rings (SSSR count). The van der Waals surface area contributed by atoms with Crippen molar-refractivity contribution in [3.63, 3.8) is 0 Å². The molecule has 2 N–H and O–H groups in total. The normalized spacial score (nSPS) is 22.0. The van der Waals surface area contributed by atoms with Gasteiger partial charge in [-0.15, -0.1) is 0 Å². The Morgan fingerprint density at radius 1 is 1.20 bits per heavy atom. The third kappa shape index (κ3) is 8.94. The molecule has 0 aromatic rings. The van der Waals surface area contributed by atoms with Crippen LogP contribution in [0.15, 0.2) is 17.1 Å². The number of piperidine rings is 2. The molecular weight excluding hydrogens is 378 g/mol.